The monoisotopic (exact) mass is 211 g/mol. The zero-order valence-electron chi connectivity index (χ0n) is 9.13. The molecule has 1 fully saturated rings. The Morgan fingerprint density at radius 3 is 3.29 bits per heavy atom. The third kappa shape index (κ3) is 1.44. The van der Waals surface area contributed by atoms with E-state index in [2.05, 4.69) is 12.7 Å². The first-order valence-electron chi connectivity index (χ1n) is 5.66. The molecule has 0 aliphatic heterocycles. The van der Waals surface area contributed by atoms with Crippen molar-refractivity contribution in [1.29, 1.82) is 0 Å². The number of allylic oxidation sites excluding steroid dienone is 3. The second-order valence-electron chi connectivity index (χ2n) is 4.23. The summed E-state index contributed by atoms with van der Waals surface area (Å²) in [5, 5.41) is -0.549. The van der Waals surface area contributed by atoms with Gasteiger partial charge in [-0.15, -0.1) is 0 Å². The molecule has 0 bridgehead atoms. The van der Waals surface area contributed by atoms with E-state index in [9.17, 15) is 4.79 Å². The highest BCUT2D eigenvalue weighted by molar-refractivity contribution is 6.63. The molecular formula is C12H15ClO. The van der Waals surface area contributed by atoms with Crippen molar-refractivity contribution < 1.29 is 6.17 Å². The number of fused-ring (bicyclic) bond motifs is 1. The van der Waals surface area contributed by atoms with Crippen molar-refractivity contribution in [1.82, 2.24) is 0 Å². The van der Waals surface area contributed by atoms with Crippen LogP contribution in [0.3, 0.4) is 0 Å². The Morgan fingerprint density at radius 2 is 2.57 bits per heavy atom. The second-order valence-corrected chi connectivity index (χ2v) is 4.60. The lowest BCUT2D eigenvalue weighted by atomic mass is 9.64. The van der Waals surface area contributed by atoms with Crippen molar-refractivity contribution in [3.63, 3.8) is 0 Å². The van der Waals surface area contributed by atoms with Crippen LogP contribution < -0.4 is 0 Å². The van der Waals surface area contributed by atoms with E-state index < -0.39 is 17.1 Å². The summed E-state index contributed by atoms with van der Waals surface area (Å²) < 4.78 is 7.99. The van der Waals surface area contributed by atoms with Crippen LogP contribution in [0.1, 0.15) is 33.5 Å². The topological polar surface area (TPSA) is 17.1 Å². The Labute approximate surface area is 91.2 Å². The third-order valence-electron chi connectivity index (χ3n) is 3.52. The zero-order valence-corrected chi connectivity index (χ0v) is 8.89. The van der Waals surface area contributed by atoms with Crippen molar-refractivity contribution >= 4 is 16.8 Å². The lowest BCUT2D eigenvalue weighted by molar-refractivity contribution is -0.114. The van der Waals surface area contributed by atoms with E-state index in [4.69, 9.17) is 13.0 Å². The Morgan fingerprint density at radius 1 is 1.79 bits per heavy atom. The molecular weight excluding hydrogens is 196 g/mol. The maximum atomic E-state index is 11.2. The molecule has 0 saturated heterocycles. The highest BCUT2D eigenvalue weighted by Gasteiger charge is 2.44. The van der Waals surface area contributed by atoms with Gasteiger partial charge in [0.05, 0.1) is 0 Å². The van der Waals surface area contributed by atoms with Gasteiger partial charge >= 0.3 is 0 Å². The van der Waals surface area contributed by atoms with Crippen LogP contribution in [0.5, 0.6) is 0 Å². The summed E-state index contributed by atoms with van der Waals surface area (Å²) in [4.78, 5) is 11.2. The first-order chi connectivity index (χ1) is 7.09. The van der Waals surface area contributed by atoms with Crippen LogP contribution in [-0.4, -0.2) is 5.24 Å². The van der Waals surface area contributed by atoms with Gasteiger partial charge in [0.25, 0.3) is 0 Å². The number of hydrogen-bond acceptors (Lipinski definition) is 1. The average Bonchev–Trinajstić information content (AvgIpc) is 2.57. The fourth-order valence-corrected chi connectivity index (χ4v) is 2.95. The van der Waals surface area contributed by atoms with Crippen molar-refractivity contribution in [2.24, 2.45) is 11.3 Å². The lowest BCUT2D eigenvalue weighted by Crippen LogP contribution is -2.32. The molecule has 0 amide bonds. The molecule has 0 aromatic heterocycles. The standard InChI is InChI=1S/C12H15ClO/c1-9-5-6-10-4-2-3-7-12(9,10)8-11(13)14/h5-6,10H,1-4,7-8H2/t10?,12-/m0/s1/i8D/t8-,10?,12-. The lowest BCUT2D eigenvalue weighted by Gasteiger charge is -2.39. The van der Waals surface area contributed by atoms with E-state index in [0.717, 1.165) is 24.8 Å². The van der Waals surface area contributed by atoms with E-state index in [1.54, 1.807) is 0 Å². The summed E-state index contributed by atoms with van der Waals surface area (Å²) in [7, 11) is 0. The fraction of sp³-hybridized carbons (Fsp3) is 0.583. The minimum atomic E-state index is -0.855. The predicted molar refractivity (Wildman–Crippen MR) is 58.1 cm³/mol. The summed E-state index contributed by atoms with van der Waals surface area (Å²) in [6.07, 6.45) is 7.38. The molecule has 1 nitrogen and oxygen atoms in total. The number of rotatable bonds is 2. The summed E-state index contributed by atoms with van der Waals surface area (Å²) in [6, 6.07) is 0. The van der Waals surface area contributed by atoms with Crippen LogP contribution >= 0.6 is 11.6 Å². The summed E-state index contributed by atoms with van der Waals surface area (Å²) >= 11 is 5.49. The minimum Gasteiger partial charge on any atom is -0.281 e. The van der Waals surface area contributed by atoms with Crippen LogP contribution in [0.4, 0.5) is 0 Å². The Kier molecular flexibility index (Phi) is 2.21. The molecule has 1 saturated carbocycles. The van der Waals surface area contributed by atoms with Gasteiger partial charge in [-0.05, 0) is 35.9 Å². The van der Waals surface area contributed by atoms with E-state index in [1.165, 1.54) is 6.42 Å². The van der Waals surface area contributed by atoms with E-state index in [0.29, 0.717) is 5.92 Å². The Bertz CT molecular complexity index is 337. The van der Waals surface area contributed by atoms with Gasteiger partial charge in [-0.3, -0.25) is 4.79 Å². The molecule has 0 N–H and O–H groups in total. The molecule has 76 valence electrons. The van der Waals surface area contributed by atoms with Gasteiger partial charge in [-0.1, -0.05) is 31.6 Å². The molecule has 0 heterocycles. The minimum absolute atomic E-state index is 0.295. The van der Waals surface area contributed by atoms with Crippen molar-refractivity contribution in [2.45, 2.75) is 32.1 Å². The summed E-state index contributed by atoms with van der Waals surface area (Å²) in [5.74, 6) is 0.295. The summed E-state index contributed by atoms with van der Waals surface area (Å²) in [5.41, 5.74) is 0.526. The SMILES string of the molecule is [2H][C@@H](C(=O)Cl)[C@]12CCCCC1C=CC2=C. The normalized spacial score (nSPS) is 39.1. The molecule has 2 heteroatoms. The third-order valence-corrected chi connectivity index (χ3v) is 3.62. The van der Waals surface area contributed by atoms with E-state index >= 15 is 0 Å². The molecule has 0 aromatic carbocycles. The van der Waals surface area contributed by atoms with Crippen LogP contribution in [-0.2, 0) is 4.79 Å². The van der Waals surface area contributed by atoms with Gasteiger partial charge < -0.3 is 0 Å². The second kappa shape index (κ2) is 3.54. The van der Waals surface area contributed by atoms with E-state index in [-0.39, 0.29) is 0 Å². The van der Waals surface area contributed by atoms with Crippen molar-refractivity contribution in [2.75, 3.05) is 0 Å². The van der Waals surface area contributed by atoms with Gasteiger partial charge in [0.1, 0.15) is 0 Å². The molecule has 2 rings (SSSR count). The number of carbonyl (C=O) groups is 1. The smallest absolute Gasteiger partial charge is 0.222 e. The predicted octanol–water partition coefficient (Wildman–Crippen LogP) is 3.44. The van der Waals surface area contributed by atoms with Crippen LogP contribution in [0.25, 0.3) is 0 Å². The molecule has 1 unspecified atom stereocenters. The average molecular weight is 212 g/mol. The quantitative estimate of drug-likeness (QED) is 0.640. The van der Waals surface area contributed by atoms with Crippen LogP contribution in [0, 0.1) is 11.3 Å². The first kappa shape index (κ1) is 8.72. The van der Waals surface area contributed by atoms with Gasteiger partial charge in [-0.25, -0.2) is 0 Å². The molecule has 14 heavy (non-hydrogen) atoms. The van der Waals surface area contributed by atoms with Gasteiger partial charge in [0.2, 0.25) is 5.24 Å². The zero-order chi connectivity index (χ0) is 11.1. The number of carbonyl (C=O) groups excluding carboxylic acids is 1. The molecule has 0 radical (unpaired) electrons. The maximum absolute atomic E-state index is 11.2. The fourth-order valence-electron chi connectivity index (χ4n) is 2.75. The molecule has 3 atom stereocenters. The maximum Gasteiger partial charge on any atom is 0.222 e. The van der Waals surface area contributed by atoms with Crippen LogP contribution in [0.15, 0.2) is 24.3 Å². The van der Waals surface area contributed by atoms with Crippen molar-refractivity contribution in [3.05, 3.63) is 24.3 Å². The van der Waals surface area contributed by atoms with Crippen LogP contribution in [0.2, 0.25) is 0 Å². The van der Waals surface area contributed by atoms with Crippen molar-refractivity contribution in [3.8, 4) is 0 Å². The molecule has 0 spiro atoms. The summed E-state index contributed by atoms with van der Waals surface area (Å²) in [6.45, 7) is 4.00. The highest BCUT2D eigenvalue weighted by Crippen LogP contribution is 2.53. The molecule has 2 aliphatic rings. The van der Waals surface area contributed by atoms with Gasteiger partial charge in [0, 0.05) is 13.2 Å². The Hall–Kier alpha value is -0.560. The highest BCUT2D eigenvalue weighted by atomic mass is 35.5. The molecule has 0 aromatic rings. The van der Waals surface area contributed by atoms with Gasteiger partial charge in [0.15, 0.2) is 0 Å². The Balaban J connectivity index is 2.36. The molecule has 2 aliphatic carbocycles. The largest absolute Gasteiger partial charge is 0.281 e. The number of halogens is 1. The van der Waals surface area contributed by atoms with E-state index in [1.807, 2.05) is 6.08 Å². The first-order valence-corrected chi connectivity index (χ1v) is 5.46. The number of hydrogen-bond donors (Lipinski definition) is 0. The van der Waals surface area contributed by atoms with Gasteiger partial charge in [-0.2, -0.15) is 0 Å².